The van der Waals surface area contributed by atoms with Crippen molar-refractivity contribution in [1.29, 1.82) is 0 Å². The van der Waals surface area contributed by atoms with E-state index in [4.69, 9.17) is 4.74 Å². The number of carbonyl (C=O) groups excluding carboxylic acids is 1. The molecular weight excluding hydrogens is 196 g/mol. The zero-order valence-electron chi connectivity index (χ0n) is 9.54. The minimum Gasteiger partial charge on any atom is -0.444 e. The third kappa shape index (κ3) is 4.48. The van der Waals surface area contributed by atoms with Gasteiger partial charge in [-0.05, 0) is 33.7 Å². The molecule has 2 atom stereocenters. The van der Waals surface area contributed by atoms with Crippen molar-refractivity contribution in [2.45, 2.75) is 44.9 Å². The van der Waals surface area contributed by atoms with Crippen LogP contribution < -0.4 is 10.6 Å². The molecule has 3 N–H and O–H groups in total. The first kappa shape index (κ1) is 12.3. The van der Waals surface area contributed by atoms with Gasteiger partial charge in [0, 0.05) is 6.54 Å². The number of aliphatic hydroxyl groups excluding tert-OH is 1. The summed E-state index contributed by atoms with van der Waals surface area (Å²) >= 11 is 0. The highest BCUT2D eigenvalue weighted by molar-refractivity contribution is 5.68. The lowest BCUT2D eigenvalue weighted by Gasteiger charge is -2.30. The fourth-order valence-corrected chi connectivity index (χ4v) is 1.45. The highest BCUT2D eigenvalue weighted by Gasteiger charge is 2.26. The third-order valence-electron chi connectivity index (χ3n) is 2.15. The number of carbonyl (C=O) groups is 1. The summed E-state index contributed by atoms with van der Waals surface area (Å²) in [7, 11) is 0. The number of piperidine rings is 1. The second kappa shape index (κ2) is 4.81. The summed E-state index contributed by atoms with van der Waals surface area (Å²) < 4.78 is 5.10. The van der Waals surface area contributed by atoms with Crippen LogP contribution in [0.4, 0.5) is 4.79 Å². The van der Waals surface area contributed by atoms with Crippen molar-refractivity contribution in [2.24, 2.45) is 0 Å². The molecular formula is C10H20N2O3. The van der Waals surface area contributed by atoms with Crippen LogP contribution in [-0.2, 0) is 4.74 Å². The van der Waals surface area contributed by atoms with Crippen LogP contribution in [0.15, 0.2) is 0 Å². The number of ether oxygens (including phenoxy) is 1. The van der Waals surface area contributed by atoms with Crippen LogP contribution in [0.2, 0.25) is 0 Å². The van der Waals surface area contributed by atoms with Crippen LogP contribution in [0, 0.1) is 0 Å². The second-order valence-electron chi connectivity index (χ2n) is 4.81. The quantitative estimate of drug-likeness (QED) is 0.587. The fraction of sp³-hybridized carbons (Fsp3) is 0.900. The van der Waals surface area contributed by atoms with Crippen LogP contribution >= 0.6 is 0 Å². The molecule has 0 aromatic carbocycles. The molecule has 1 saturated heterocycles. The predicted molar refractivity (Wildman–Crippen MR) is 56.7 cm³/mol. The maximum absolute atomic E-state index is 11.4. The van der Waals surface area contributed by atoms with Gasteiger partial charge >= 0.3 is 6.09 Å². The van der Waals surface area contributed by atoms with E-state index in [9.17, 15) is 9.90 Å². The number of amides is 1. The molecule has 0 spiro atoms. The Balaban J connectivity index is 2.36. The Morgan fingerprint density at radius 3 is 2.73 bits per heavy atom. The Kier molecular flexibility index (Phi) is 3.93. The second-order valence-corrected chi connectivity index (χ2v) is 4.81. The van der Waals surface area contributed by atoms with Crippen LogP contribution in [-0.4, -0.2) is 42.0 Å². The van der Waals surface area contributed by atoms with Crippen molar-refractivity contribution in [3.63, 3.8) is 0 Å². The van der Waals surface area contributed by atoms with E-state index in [0.29, 0.717) is 13.0 Å². The number of hydrogen-bond acceptors (Lipinski definition) is 4. The predicted octanol–water partition coefficient (Wildman–Crippen LogP) is 0.234. The molecule has 1 amide bonds. The average molecular weight is 216 g/mol. The molecule has 1 fully saturated rings. The lowest BCUT2D eigenvalue weighted by Crippen LogP contribution is -2.54. The summed E-state index contributed by atoms with van der Waals surface area (Å²) in [5, 5.41) is 15.4. The van der Waals surface area contributed by atoms with E-state index in [1.807, 2.05) is 20.8 Å². The van der Waals surface area contributed by atoms with Crippen molar-refractivity contribution < 1.29 is 14.6 Å². The molecule has 0 aliphatic carbocycles. The number of aliphatic hydroxyl groups is 1. The van der Waals surface area contributed by atoms with E-state index >= 15 is 0 Å². The zero-order chi connectivity index (χ0) is 11.5. The smallest absolute Gasteiger partial charge is 0.408 e. The van der Waals surface area contributed by atoms with E-state index in [0.717, 1.165) is 6.54 Å². The van der Waals surface area contributed by atoms with Crippen LogP contribution in [0.25, 0.3) is 0 Å². The monoisotopic (exact) mass is 216 g/mol. The molecule has 0 aromatic rings. The number of rotatable bonds is 1. The Labute approximate surface area is 90.2 Å². The molecule has 0 radical (unpaired) electrons. The first-order chi connectivity index (χ1) is 6.88. The molecule has 0 saturated carbocycles. The van der Waals surface area contributed by atoms with Crippen molar-refractivity contribution in [3.05, 3.63) is 0 Å². The van der Waals surface area contributed by atoms with E-state index < -0.39 is 17.8 Å². The van der Waals surface area contributed by atoms with E-state index in [-0.39, 0.29) is 6.04 Å². The van der Waals surface area contributed by atoms with Gasteiger partial charge < -0.3 is 20.5 Å². The average Bonchev–Trinajstić information content (AvgIpc) is 2.05. The first-order valence-corrected chi connectivity index (χ1v) is 5.27. The Morgan fingerprint density at radius 2 is 2.20 bits per heavy atom. The van der Waals surface area contributed by atoms with Gasteiger partial charge in [-0.3, -0.25) is 0 Å². The third-order valence-corrected chi connectivity index (χ3v) is 2.15. The standard InChI is InChI=1S/C10H20N2O3/c1-10(2,3)15-9(14)12-7-6-11-5-4-8(7)13/h7-8,11,13H,4-6H2,1-3H3,(H,12,14)/t7-,8?/m0/s1. The molecule has 0 aromatic heterocycles. The lowest BCUT2D eigenvalue weighted by molar-refractivity contribution is 0.0383. The molecule has 1 aliphatic rings. The van der Waals surface area contributed by atoms with Crippen LogP contribution in [0.5, 0.6) is 0 Å². The summed E-state index contributed by atoms with van der Waals surface area (Å²) in [6.45, 7) is 6.79. The van der Waals surface area contributed by atoms with E-state index in [1.165, 1.54) is 0 Å². The summed E-state index contributed by atoms with van der Waals surface area (Å²) in [4.78, 5) is 11.4. The fourth-order valence-electron chi connectivity index (χ4n) is 1.45. The van der Waals surface area contributed by atoms with Crippen molar-refractivity contribution in [1.82, 2.24) is 10.6 Å². The van der Waals surface area contributed by atoms with Crippen LogP contribution in [0.1, 0.15) is 27.2 Å². The van der Waals surface area contributed by atoms with Gasteiger partial charge in [0.2, 0.25) is 0 Å². The molecule has 0 bridgehead atoms. The number of nitrogens with one attached hydrogen (secondary N) is 2. The number of alkyl carbamates (subject to hydrolysis) is 1. The largest absolute Gasteiger partial charge is 0.444 e. The Morgan fingerprint density at radius 1 is 1.53 bits per heavy atom. The summed E-state index contributed by atoms with van der Waals surface area (Å²) in [5.41, 5.74) is -0.503. The zero-order valence-corrected chi connectivity index (χ0v) is 9.54. The molecule has 88 valence electrons. The minimum atomic E-state index is -0.503. The SMILES string of the molecule is CC(C)(C)OC(=O)N[C@H]1CNCCC1O. The summed E-state index contributed by atoms with van der Waals surface area (Å²) in [6, 6.07) is -0.256. The Hall–Kier alpha value is -0.810. The van der Waals surface area contributed by atoms with Gasteiger partial charge in [0.05, 0.1) is 12.1 Å². The molecule has 1 unspecified atom stereocenters. The first-order valence-electron chi connectivity index (χ1n) is 5.27. The van der Waals surface area contributed by atoms with Gasteiger partial charge in [-0.2, -0.15) is 0 Å². The van der Waals surface area contributed by atoms with Crippen molar-refractivity contribution in [2.75, 3.05) is 13.1 Å². The molecule has 1 aliphatic heterocycles. The van der Waals surface area contributed by atoms with Gasteiger partial charge in [-0.15, -0.1) is 0 Å². The lowest BCUT2D eigenvalue weighted by atomic mass is 10.0. The highest BCUT2D eigenvalue weighted by atomic mass is 16.6. The van der Waals surface area contributed by atoms with Crippen molar-refractivity contribution in [3.8, 4) is 0 Å². The van der Waals surface area contributed by atoms with Gasteiger partial charge in [0.1, 0.15) is 5.60 Å². The Bertz CT molecular complexity index is 225. The molecule has 1 rings (SSSR count). The van der Waals surface area contributed by atoms with Crippen molar-refractivity contribution >= 4 is 6.09 Å². The summed E-state index contributed by atoms with van der Waals surface area (Å²) in [5.74, 6) is 0. The van der Waals surface area contributed by atoms with Gasteiger partial charge in [0.15, 0.2) is 0 Å². The maximum atomic E-state index is 11.4. The van der Waals surface area contributed by atoms with Gasteiger partial charge in [-0.1, -0.05) is 0 Å². The maximum Gasteiger partial charge on any atom is 0.408 e. The van der Waals surface area contributed by atoms with E-state index in [2.05, 4.69) is 10.6 Å². The molecule has 5 nitrogen and oxygen atoms in total. The summed E-state index contributed by atoms with van der Waals surface area (Å²) in [6.07, 6.45) is -0.311. The van der Waals surface area contributed by atoms with Gasteiger partial charge in [-0.25, -0.2) is 4.79 Å². The van der Waals surface area contributed by atoms with Crippen LogP contribution in [0.3, 0.4) is 0 Å². The number of hydrogen-bond donors (Lipinski definition) is 3. The van der Waals surface area contributed by atoms with Gasteiger partial charge in [0.25, 0.3) is 0 Å². The highest BCUT2D eigenvalue weighted by Crippen LogP contribution is 2.08. The normalized spacial score (nSPS) is 27.2. The van der Waals surface area contributed by atoms with E-state index in [1.54, 1.807) is 0 Å². The molecule has 5 heteroatoms. The molecule has 1 heterocycles. The topological polar surface area (TPSA) is 70.6 Å². The minimum absolute atomic E-state index is 0.256. The molecule has 15 heavy (non-hydrogen) atoms.